The van der Waals surface area contributed by atoms with Gasteiger partial charge >= 0.3 is 0 Å². The van der Waals surface area contributed by atoms with Crippen LogP contribution in [0.1, 0.15) is 46.1 Å². The summed E-state index contributed by atoms with van der Waals surface area (Å²) in [7, 11) is 0. The van der Waals surface area contributed by atoms with Gasteiger partial charge in [0.2, 0.25) is 5.91 Å². The number of hydrogen-bond acceptors (Lipinski definition) is 2. The molecule has 0 spiro atoms. The summed E-state index contributed by atoms with van der Waals surface area (Å²) in [6.07, 6.45) is 2.47. The Balaban J connectivity index is 0.00000576. The number of halogens is 1. The SMILES string of the molecule is CCNC(=NCCC(=O)NC(C)C)NC(C)CCc1ccccc1.I. The molecule has 0 bridgehead atoms. The van der Waals surface area contributed by atoms with E-state index in [9.17, 15) is 4.79 Å². The summed E-state index contributed by atoms with van der Waals surface area (Å²) in [5.74, 6) is 0.817. The van der Waals surface area contributed by atoms with Gasteiger partial charge in [0.05, 0.1) is 6.54 Å². The highest BCUT2D eigenvalue weighted by Crippen LogP contribution is 2.04. The van der Waals surface area contributed by atoms with Crippen LogP contribution in [0.2, 0.25) is 0 Å². The van der Waals surface area contributed by atoms with Crippen molar-refractivity contribution >= 4 is 35.8 Å². The Kier molecular flexibility index (Phi) is 13.2. The maximum absolute atomic E-state index is 11.7. The van der Waals surface area contributed by atoms with Gasteiger partial charge in [-0.25, -0.2) is 0 Å². The molecule has 0 aromatic heterocycles. The van der Waals surface area contributed by atoms with Crippen LogP contribution in [-0.4, -0.2) is 37.0 Å². The molecule has 0 saturated heterocycles. The molecular formula is C19H33IN4O. The summed E-state index contributed by atoms with van der Waals surface area (Å²) < 4.78 is 0. The van der Waals surface area contributed by atoms with Gasteiger partial charge in [-0.2, -0.15) is 0 Å². The molecule has 3 N–H and O–H groups in total. The van der Waals surface area contributed by atoms with Crippen molar-refractivity contribution in [3.8, 4) is 0 Å². The summed E-state index contributed by atoms with van der Waals surface area (Å²) in [6.45, 7) is 9.40. The van der Waals surface area contributed by atoms with E-state index < -0.39 is 0 Å². The third-order valence-electron chi connectivity index (χ3n) is 3.49. The largest absolute Gasteiger partial charge is 0.357 e. The Labute approximate surface area is 169 Å². The minimum absolute atomic E-state index is 0. The number of hydrogen-bond donors (Lipinski definition) is 3. The van der Waals surface area contributed by atoms with Gasteiger partial charge < -0.3 is 16.0 Å². The van der Waals surface area contributed by atoms with Gasteiger partial charge in [0.15, 0.2) is 5.96 Å². The summed E-state index contributed by atoms with van der Waals surface area (Å²) >= 11 is 0. The van der Waals surface area contributed by atoms with Crippen LogP contribution in [0.25, 0.3) is 0 Å². The molecule has 0 heterocycles. The zero-order valence-corrected chi connectivity index (χ0v) is 18.2. The molecule has 0 aliphatic carbocycles. The van der Waals surface area contributed by atoms with Gasteiger partial charge in [-0.3, -0.25) is 9.79 Å². The summed E-state index contributed by atoms with van der Waals surface area (Å²) in [6, 6.07) is 11.0. The summed E-state index contributed by atoms with van der Waals surface area (Å²) in [5, 5.41) is 9.52. The Morgan fingerprint density at radius 2 is 1.80 bits per heavy atom. The van der Waals surface area contributed by atoms with E-state index in [4.69, 9.17) is 0 Å². The monoisotopic (exact) mass is 460 g/mol. The number of aliphatic imine (C=N–C) groups is 1. The molecule has 6 heteroatoms. The first-order valence-corrected chi connectivity index (χ1v) is 8.89. The highest BCUT2D eigenvalue weighted by atomic mass is 127. The predicted octanol–water partition coefficient (Wildman–Crippen LogP) is 3.10. The second-order valence-corrected chi connectivity index (χ2v) is 6.30. The van der Waals surface area contributed by atoms with Crippen LogP contribution in [0.4, 0.5) is 0 Å². The van der Waals surface area contributed by atoms with E-state index in [-0.39, 0.29) is 35.9 Å². The number of carbonyl (C=O) groups is 1. The first-order chi connectivity index (χ1) is 11.5. The molecule has 5 nitrogen and oxygen atoms in total. The fourth-order valence-electron chi connectivity index (χ4n) is 2.32. The van der Waals surface area contributed by atoms with Crippen LogP contribution in [-0.2, 0) is 11.2 Å². The Morgan fingerprint density at radius 3 is 2.40 bits per heavy atom. The summed E-state index contributed by atoms with van der Waals surface area (Å²) in [4.78, 5) is 16.1. The Hall–Kier alpha value is -1.31. The van der Waals surface area contributed by atoms with Gasteiger partial charge in [-0.05, 0) is 46.1 Å². The van der Waals surface area contributed by atoms with E-state index in [0.717, 1.165) is 25.3 Å². The fourth-order valence-corrected chi connectivity index (χ4v) is 2.32. The molecule has 0 radical (unpaired) electrons. The molecule has 0 aliphatic heterocycles. The fraction of sp³-hybridized carbons (Fsp3) is 0.579. The first-order valence-electron chi connectivity index (χ1n) is 8.89. The van der Waals surface area contributed by atoms with E-state index in [0.29, 0.717) is 19.0 Å². The number of guanidine groups is 1. The van der Waals surface area contributed by atoms with Crippen LogP contribution < -0.4 is 16.0 Å². The van der Waals surface area contributed by atoms with E-state index >= 15 is 0 Å². The highest BCUT2D eigenvalue weighted by Gasteiger charge is 2.07. The molecular weight excluding hydrogens is 427 g/mol. The van der Waals surface area contributed by atoms with Gasteiger partial charge in [0, 0.05) is 25.0 Å². The molecule has 0 fully saturated rings. The second kappa shape index (κ2) is 13.9. The highest BCUT2D eigenvalue weighted by molar-refractivity contribution is 14.0. The molecule has 0 aliphatic rings. The van der Waals surface area contributed by atoms with Gasteiger partial charge in [-0.15, -0.1) is 24.0 Å². The predicted molar refractivity (Wildman–Crippen MR) is 117 cm³/mol. The minimum atomic E-state index is 0. The third kappa shape index (κ3) is 11.8. The Morgan fingerprint density at radius 1 is 1.12 bits per heavy atom. The third-order valence-corrected chi connectivity index (χ3v) is 3.49. The number of nitrogens with zero attached hydrogens (tertiary/aromatic N) is 1. The zero-order valence-electron chi connectivity index (χ0n) is 15.8. The number of aryl methyl sites for hydroxylation is 1. The van der Waals surface area contributed by atoms with Crippen LogP contribution in [0.5, 0.6) is 0 Å². The molecule has 1 unspecified atom stereocenters. The number of benzene rings is 1. The van der Waals surface area contributed by atoms with Gasteiger partial charge in [-0.1, -0.05) is 30.3 Å². The molecule has 1 aromatic rings. The van der Waals surface area contributed by atoms with Gasteiger partial charge in [0.1, 0.15) is 0 Å². The lowest BCUT2D eigenvalue weighted by atomic mass is 10.1. The lowest BCUT2D eigenvalue weighted by Gasteiger charge is -2.18. The van der Waals surface area contributed by atoms with Crippen molar-refractivity contribution < 1.29 is 4.79 Å². The van der Waals surface area contributed by atoms with Crippen LogP contribution in [0, 0.1) is 0 Å². The molecule has 1 atom stereocenters. The maximum Gasteiger partial charge on any atom is 0.222 e. The smallest absolute Gasteiger partial charge is 0.222 e. The van der Waals surface area contributed by atoms with Crippen LogP contribution in [0.15, 0.2) is 35.3 Å². The zero-order chi connectivity index (χ0) is 17.8. The van der Waals surface area contributed by atoms with Crippen LogP contribution >= 0.6 is 24.0 Å². The molecule has 1 rings (SSSR count). The van der Waals surface area contributed by atoms with Crippen molar-refractivity contribution in [2.75, 3.05) is 13.1 Å². The average Bonchev–Trinajstić information content (AvgIpc) is 2.53. The number of amides is 1. The van der Waals surface area contributed by atoms with Crippen molar-refractivity contribution in [3.63, 3.8) is 0 Å². The normalized spacial score (nSPS) is 12.3. The van der Waals surface area contributed by atoms with Crippen molar-refractivity contribution in [3.05, 3.63) is 35.9 Å². The van der Waals surface area contributed by atoms with Crippen molar-refractivity contribution in [2.24, 2.45) is 4.99 Å². The molecule has 0 saturated carbocycles. The van der Waals surface area contributed by atoms with Crippen molar-refractivity contribution in [2.45, 2.75) is 59.0 Å². The maximum atomic E-state index is 11.7. The number of nitrogens with one attached hydrogen (secondary N) is 3. The minimum Gasteiger partial charge on any atom is -0.357 e. The molecule has 1 aromatic carbocycles. The average molecular weight is 460 g/mol. The lowest BCUT2D eigenvalue weighted by molar-refractivity contribution is -0.121. The van der Waals surface area contributed by atoms with E-state index in [1.54, 1.807) is 0 Å². The van der Waals surface area contributed by atoms with E-state index in [1.807, 2.05) is 26.8 Å². The standard InChI is InChI=1S/C19H32N4O.HI/c1-5-20-19(21-14-13-18(24)22-15(2)3)23-16(4)11-12-17-9-7-6-8-10-17;/h6-10,15-16H,5,11-14H2,1-4H3,(H,22,24)(H2,20,21,23);1H. The van der Waals surface area contributed by atoms with Crippen molar-refractivity contribution in [1.29, 1.82) is 0 Å². The van der Waals surface area contributed by atoms with Crippen molar-refractivity contribution in [1.82, 2.24) is 16.0 Å². The first kappa shape index (κ1) is 23.7. The van der Waals surface area contributed by atoms with Gasteiger partial charge in [0.25, 0.3) is 0 Å². The number of carbonyl (C=O) groups excluding carboxylic acids is 1. The molecule has 1 amide bonds. The Bertz CT molecular complexity index is 505. The van der Waals surface area contributed by atoms with Crippen LogP contribution in [0.3, 0.4) is 0 Å². The topological polar surface area (TPSA) is 65.5 Å². The number of rotatable bonds is 9. The quantitative estimate of drug-likeness (QED) is 0.302. The molecule has 25 heavy (non-hydrogen) atoms. The van der Waals surface area contributed by atoms with E-state index in [1.165, 1.54) is 5.56 Å². The van der Waals surface area contributed by atoms with E-state index in [2.05, 4.69) is 52.1 Å². The molecule has 142 valence electrons. The summed E-state index contributed by atoms with van der Waals surface area (Å²) in [5.41, 5.74) is 1.35. The lowest BCUT2D eigenvalue weighted by Crippen LogP contribution is -2.42. The second-order valence-electron chi connectivity index (χ2n) is 6.30.